The number of rotatable bonds is 7. The molecule has 0 bridgehead atoms. The van der Waals surface area contributed by atoms with Crippen LogP contribution in [0.15, 0.2) is 48.5 Å². The highest BCUT2D eigenvalue weighted by Crippen LogP contribution is 2.30. The summed E-state index contributed by atoms with van der Waals surface area (Å²) in [6.45, 7) is -0.0578. The summed E-state index contributed by atoms with van der Waals surface area (Å²) in [4.78, 5) is 12.4. The molecule has 0 saturated carbocycles. The van der Waals surface area contributed by atoms with E-state index in [0.717, 1.165) is 20.7 Å². The largest absolute Gasteiger partial charge is 0.486 e. The van der Waals surface area contributed by atoms with Crippen molar-refractivity contribution in [3.63, 3.8) is 0 Å². The fraction of sp³-hybridized carbons (Fsp3) is 0.316. The molecule has 156 valence electrons. The molecule has 1 aliphatic rings. The number of fused-ring (bicyclic) bond motifs is 1. The minimum atomic E-state index is -3.96. The topological polar surface area (TPSA) is 88.2 Å². The lowest BCUT2D eigenvalue weighted by Gasteiger charge is -2.28. The summed E-state index contributed by atoms with van der Waals surface area (Å²) in [6, 6.07) is 12.1. The van der Waals surface area contributed by atoms with Gasteiger partial charge in [0.1, 0.15) is 25.1 Å². The molecule has 0 fully saturated rings. The first-order valence-electron chi connectivity index (χ1n) is 8.88. The predicted molar refractivity (Wildman–Crippen MR) is 106 cm³/mol. The number of benzene rings is 2. The van der Waals surface area contributed by atoms with Crippen LogP contribution in [0.25, 0.3) is 0 Å². The van der Waals surface area contributed by atoms with Crippen molar-refractivity contribution in [3.8, 4) is 11.5 Å². The van der Waals surface area contributed by atoms with Crippen LogP contribution in [0, 0.1) is 5.82 Å². The third-order valence-electron chi connectivity index (χ3n) is 4.24. The van der Waals surface area contributed by atoms with Crippen LogP contribution in [-0.4, -0.2) is 58.5 Å². The van der Waals surface area contributed by atoms with E-state index in [1.807, 2.05) is 12.1 Å². The van der Waals surface area contributed by atoms with Crippen molar-refractivity contribution in [2.24, 2.45) is 0 Å². The van der Waals surface area contributed by atoms with Crippen LogP contribution < -0.4 is 19.1 Å². The molecule has 8 nitrogen and oxygen atoms in total. The van der Waals surface area contributed by atoms with Crippen LogP contribution in [0.4, 0.5) is 10.1 Å². The molecule has 2 aromatic carbocycles. The van der Waals surface area contributed by atoms with Gasteiger partial charge in [0, 0.05) is 14.1 Å². The van der Waals surface area contributed by atoms with E-state index in [0.29, 0.717) is 11.5 Å². The van der Waals surface area contributed by atoms with Gasteiger partial charge in [0.15, 0.2) is 11.5 Å². The van der Waals surface area contributed by atoms with Crippen LogP contribution >= 0.6 is 0 Å². The SMILES string of the molecule is CN(C)S(=O)(=O)N(CC(=O)NCC1COc2ccccc2O1)c1ccc(F)cc1. The molecule has 2 aromatic rings. The Hall–Kier alpha value is -2.85. The van der Waals surface area contributed by atoms with Crippen molar-refractivity contribution in [1.29, 1.82) is 0 Å². The Labute approximate surface area is 169 Å². The molecule has 1 heterocycles. The second kappa shape index (κ2) is 8.66. The molecule has 1 aliphatic heterocycles. The lowest BCUT2D eigenvalue weighted by Crippen LogP contribution is -2.48. The number of ether oxygens (including phenoxy) is 2. The smallest absolute Gasteiger partial charge is 0.304 e. The van der Waals surface area contributed by atoms with Gasteiger partial charge in [-0.3, -0.25) is 4.79 Å². The van der Waals surface area contributed by atoms with E-state index in [2.05, 4.69) is 5.32 Å². The predicted octanol–water partition coefficient (Wildman–Crippen LogP) is 1.39. The van der Waals surface area contributed by atoms with E-state index in [4.69, 9.17) is 9.47 Å². The van der Waals surface area contributed by atoms with Crippen LogP contribution in [0.1, 0.15) is 0 Å². The summed E-state index contributed by atoms with van der Waals surface area (Å²) in [5.41, 5.74) is 0.182. The number of para-hydroxylation sites is 2. The van der Waals surface area contributed by atoms with Gasteiger partial charge in [0.2, 0.25) is 5.91 Å². The molecule has 1 N–H and O–H groups in total. The maximum Gasteiger partial charge on any atom is 0.304 e. The van der Waals surface area contributed by atoms with Crippen LogP contribution in [0.3, 0.4) is 0 Å². The van der Waals surface area contributed by atoms with E-state index in [1.54, 1.807) is 12.1 Å². The molecule has 0 saturated heterocycles. The van der Waals surface area contributed by atoms with E-state index < -0.39 is 34.6 Å². The zero-order chi connectivity index (χ0) is 21.0. The van der Waals surface area contributed by atoms with Crippen LogP contribution in [0.2, 0.25) is 0 Å². The quantitative estimate of drug-likeness (QED) is 0.727. The van der Waals surface area contributed by atoms with Gasteiger partial charge >= 0.3 is 10.2 Å². The highest BCUT2D eigenvalue weighted by molar-refractivity contribution is 7.90. The molecule has 0 aliphatic carbocycles. The minimum absolute atomic E-state index is 0.145. The third kappa shape index (κ3) is 4.96. The van der Waals surface area contributed by atoms with E-state index in [9.17, 15) is 17.6 Å². The summed E-state index contributed by atoms with van der Waals surface area (Å²) < 4.78 is 51.7. The van der Waals surface area contributed by atoms with Gasteiger partial charge in [-0.2, -0.15) is 12.7 Å². The summed E-state index contributed by atoms with van der Waals surface area (Å²) in [6.07, 6.45) is -0.404. The van der Waals surface area contributed by atoms with Gasteiger partial charge in [-0.1, -0.05) is 12.1 Å². The number of halogens is 1. The number of amides is 1. The van der Waals surface area contributed by atoms with Crippen molar-refractivity contribution in [1.82, 2.24) is 9.62 Å². The zero-order valence-corrected chi connectivity index (χ0v) is 16.9. The fourth-order valence-electron chi connectivity index (χ4n) is 2.69. The Kier molecular flexibility index (Phi) is 6.23. The van der Waals surface area contributed by atoms with Gasteiger partial charge in [0.25, 0.3) is 0 Å². The summed E-state index contributed by atoms with van der Waals surface area (Å²) in [7, 11) is -1.24. The van der Waals surface area contributed by atoms with Crippen molar-refractivity contribution >= 4 is 21.8 Å². The molecule has 1 atom stereocenters. The number of hydrogen-bond acceptors (Lipinski definition) is 5. The van der Waals surface area contributed by atoms with E-state index in [-0.39, 0.29) is 18.8 Å². The van der Waals surface area contributed by atoms with Gasteiger partial charge in [-0.15, -0.1) is 0 Å². The van der Waals surface area contributed by atoms with E-state index >= 15 is 0 Å². The fourth-order valence-corrected chi connectivity index (χ4v) is 3.75. The normalized spacial score (nSPS) is 15.8. The Bertz CT molecular complexity index is 966. The summed E-state index contributed by atoms with van der Waals surface area (Å²) in [5, 5.41) is 2.66. The lowest BCUT2D eigenvalue weighted by atomic mass is 10.2. The van der Waals surface area contributed by atoms with Gasteiger partial charge in [-0.25, -0.2) is 8.70 Å². The van der Waals surface area contributed by atoms with Gasteiger partial charge in [0.05, 0.1) is 12.2 Å². The maximum atomic E-state index is 13.2. The second-order valence-corrected chi connectivity index (χ2v) is 8.64. The summed E-state index contributed by atoms with van der Waals surface area (Å²) >= 11 is 0. The first-order valence-corrected chi connectivity index (χ1v) is 10.3. The second-order valence-electron chi connectivity index (χ2n) is 6.57. The Morgan fingerprint density at radius 2 is 1.79 bits per heavy atom. The standard InChI is InChI=1S/C19H22FN3O5S/c1-22(2)29(25,26)23(15-9-7-14(20)8-10-15)12-19(24)21-11-16-13-27-17-5-3-4-6-18(17)28-16/h3-10,16H,11-13H2,1-2H3,(H,21,24). The number of hydrogen-bond donors (Lipinski definition) is 1. The molecule has 1 amide bonds. The van der Waals surface area contributed by atoms with Gasteiger partial charge in [-0.05, 0) is 36.4 Å². The van der Waals surface area contributed by atoms with Crippen molar-refractivity contribution in [3.05, 3.63) is 54.3 Å². The Morgan fingerprint density at radius 1 is 1.14 bits per heavy atom. The molecule has 1 unspecified atom stereocenters. The molecular weight excluding hydrogens is 401 g/mol. The molecule has 10 heteroatoms. The number of nitrogens with zero attached hydrogens (tertiary/aromatic N) is 2. The Balaban J connectivity index is 1.65. The highest BCUT2D eigenvalue weighted by Gasteiger charge is 2.28. The highest BCUT2D eigenvalue weighted by atomic mass is 32.2. The van der Waals surface area contributed by atoms with Crippen molar-refractivity contribution in [2.45, 2.75) is 6.10 Å². The number of carbonyl (C=O) groups excluding carboxylic acids is 1. The number of nitrogens with one attached hydrogen (secondary N) is 1. The van der Waals surface area contributed by atoms with Crippen molar-refractivity contribution in [2.75, 3.05) is 38.1 Å². The maximum absolute atomic E-state index is 13.2. The molecular formula is C19H22FN3O5S. The average molecular weight is 423 g/mol. The molecule has 0 aromatic heterocycles. The van der Waals surface area contributed by atoms with E-state index in [1.165, 1.54) is 26.2 Å². The molecule has 29 heavy (non-hydrogen) atoms. The molecule has 3 rings (SSSR count). The third-order valence-corrected chi connectivity index (χ3v) is 6.06. The average Bonchev–Trinajstić information content (AvgIpc) is 2.71. The Morgan fingerprint density at radius 3 is 2.45 bits per heavy atom. The monoisotopic (exact) mass is 423 g/mol. The summed E-state index contributed by atoms with van der Waals surface area (Å²) in [5.74, 6) is 0.188. The minimum Gasteiger partial charge on any atom is -0.486 e. The number of carbonyl (C=O) groups is 1. The number of anilines is 1. The van der Waals surface area contributed by atoms with Gasteiger partial charge < -0.3 is 14.8 Å². The molecule has 0 spiro atoms. The van der Waals surface area contributed by atoms with Crippen LogP contribution in [0.5, 0.6) is 11.5 Å². The first-order chi connectivity index (χ1) is 13.8. The van der Waals surface area contributed by atoms with Crippen LogP contribution in [-0.2, 0) is 15.0 Å². The zero-order valence-electron chi connectivity index (χ0n) is 16.0. The van der Waals surface area contributed by atoms with Crippen molar-refractivity contribution < 1.29 is 27.1 Å². The molecule has 0 radical (unpaired) electrons. The first kappa shape index (κ1) is 20.9. The lowest BCUT2D eigenvalue weighted by molar-refractivity contribution is -0.120.